The second-order valence-corrected chi connectivity index (χ2v) is 5.47. The summed E-state index contributed by atoms with van der Waals surface area (Å²) in [7, 11) is 0. The number of piperidine rings is 1. The molecule has 5 nitrogen and oxygen atoms in total. The molecule has 0 saturated carbocycles. The highest BCUT2D eigenvalue weighted by molar-refractivity contribution is 5.78. The van der Waals surface area contributed by atoms with Gasteiger partial charge < -0.3 is 19.6 Å². The summed E-state index contributed by atoms with van der Waals surface area (Å²) in [6, 6.07) is 0. The first kappa shape index (κ1) is 14.8. The molecule has 1 N–H and O–H groups in total. The van der Waals surface area contributed by atoms with Crippen LogP contribution in [0.25, 0.3) is 0 Å². The first-order chi connectivity index (χ1) is 9.29. The predicted molar refractivity (Wildman–Crippen MR) is 72.9 cm³/mol. The number of amides is 1. The van der Waals surface area contributed by atoms with Gasteiger partial charge in [-0.25, -0.2) is 0 Å². The zero-order valence-electron chi connectivity index (χ0n) is 11.7. The fourth-order valence-electron chi connectivity index (χ4n) is 2.82. The number of hydrogen-bond donors (Lipinski definition) is 1. The monoisotopic (exact) mass is 270 g/mol. The van der Waals surface area contributed by atoms with Crippen LogP contribution in [-0.2, 0) is 9.53 Å². The Hall–Kier alpha value is -0.650. The normalized spacial score (nSPS) is 22.4. The number of likely N-dealkylation sites (tertiary alicyclic amines) is 2. The first-order valence-electron chi connectivity index (χ1n) is 7.52. The van der Waals surface area contributed by atoms with Gasteiger partial charge in [-0.1, -0.05) is 0 Å². The van der Waals surface area contributed by atoms with Crippen molar-refractivity contribution in [2.75, 3.05) is 45.9 Å². The van der Waals surface area contributed by atoms with E-state index in [4.69, 9.17) is 9.84 Å². The van der Waals surface area contributed by atoms with Crippen LogP contribution in [0.2, 0.25) is 0 Å². The largest absolute Gasteiger partial charge is 0.396 e. The van der Waals surface area contributed by atoms with Crippen molar-refractivity contribution in [3.05, 3.63) is 0 Å². The number of hydrogen-bond acceptors (Lipinski definition) is 4. The van der Waals surface area contributed by atoms with Gasteiger partial charge in [0, 0.05) is 52.4 Å². The Balaban J connectivity index is 1.57. The van der Waals surface area contributed by atoms with Crippen LogP contribution in [0.1, 0.15) is 32.1 Å². The number of ether oxygens (including phenoxy) is 1. The van der Waals surface area contributed by atoms with Crippen molar-refractivity contribution in [2.45, 2.75) is 38.2 Å². The molecule has 0 aromatic rings. The third-order valence-corrected chi connectivity index (χ3v) is 4.05. The molecule has 0 aromatic heterocycles. The molecule has 2 heterocycles. The van der Waals surface area contributed by atoms with Gasteiger partial charge >= 0.3 is 0 Å². The summed E-state index contributed by atoms with van der Waals surface area (Å²) >= 11 is 0. The summed E-state index contributed by atoms with van der Waals surface area (Å²) in [6.07, 6.45) is 4.99. The van der Waals surface area contributed by atoms with E-state index in [-0.39, 0.29) is 6.61 Å². The van der Waals surface area contributed by atoms with E-state index in [1.54, 1.807) is 0 Å². The second-order valence-electron chi connectivity index (χ2n) is 5.47. The molecule has 0 radical (unpaired) electrons. The van der Waals surface area contributed by atoms with Crippen LogP contribution in [-0.4, -0.2) is 72.9 Å². The summed E-state index contributed by atoms with van der Waals surface area (Å²) < 4.78 is 5.72. The van der Waals surface area contributed by atoms with Crippen LogP contribution in [0.3, 0.4) is 0 Å². The van der Waals surface area contributed by atoms with Crippen LogP contribution >= 0.6 is 0 Å². The lowest BCUT2D eigenvalue weighted by molar-refractivity contribution is -0.127. The molecule has 1 amide bonds. The summed E-state index contributed by atoms with van der Waals surface area (Å²) in [5.74, 6) is 0.322. The molecular formula is C14H26N2O3. The molecule has 2 aliphatic rings. The summed E-state index contributed by atoms with van der Waals surface area (Å²) in [5.41, 5.74) is 0. The van der Waals surface area contributed by atoms with Crippen molar-refractivity contribution in [3.8, 4) is 0 Å². The molecule has 2 fully saturated rings. The van der Waals surface area contributed by atoms with Gasteiger partial charge in [0.05, 0.1) is 6.10 Å². The molecule has 0 bridgehead atoms. The second kappa shape index (κ2) is 7.82. The van der Waals surface area contributed by atoms with Crippen LogP contribution in [0.15, 0.2) is 0 Å². The number of aliphatic hydroxyl groups excluding tert-OH is 1. The van der Waals surface area contributed by atoms with Crippen molar-refractivity contribution < 1.29 is 14.6 Å². The third kappa shape index (κ3) is 4.75. The molecule has 0 unspecified atom stereocenters. The number of carbonyl (C=O) groups is 1. The van der Waals surface area contributed by atoms with Crippen molar-refractivity contribution >= 4 is 5.91 Å². The lowest BCUT2D eigenvalue weighted by Gasteiger charge is -2.32. The minimum Gasteiger partial charge on any atom is -0.396 e. The van der Waals surface area contributed by atoms with Gasteiger partial charge in [-0.2, -0.15) is 0 Å². The lowest BCUT2D eigenvalue weighted by Crippen LogP contribution is -2.41. The van der Waals surface area contributed by atoms with Crippen molar-refractivity contribution in [2.24, 2.45) is 0 Å². The Morgan fingerprint density at radius 2 is 2.00 bits per heavy atom. The first-order valence-corrected chi connectivity index (χ1v) is 7.52. The molecule has 19 heavy (non-hydrogen) atoms. The molecule has 110 valence electrons. The van der Waals surface area contributed by atoms with E-state index in [1.807, 2.05) is 4.90 Å². The SMILES string of the molecule is O=C1CCCN1CCN1CCC(OCCCO)CC1. The number of aliphatic hydroxyl groups is 1. The van der Waals surface area contributed by atoms with Crippen LogP contribution in [0.5, 0.6) is 0 Å². The summed E-state index contributed by atoms with van der Waals surface area (Å²) in [6.45, 7) is 5.83. The van der Waals surface area contributed by atoms with Gasteiger partial charge in [0.2, 0.25) is 5.91 Å². The molecule has 5 heteroatoms. The Kier molecular flexibility index (Phi) is 6.07. The Bertz CT molecular complexity index is 278. The predicted octanol–water partition coefficient (Wildman–Crippen LogP) is 0.472. The maximum Gasteiger partial charge on any atom is 0.222 e. The number of carbonyl (C=O) groups excluding carboxylic acids is 1. The van der Waals surface area contributed by atoms with Crippen molar-refractivity contribution in [1.82, 2.24) is 9.80 Å². The highest BCUT2D eigenvalue weighted by Crippen LogP contribution is 2.15. The molecule has 0 aromatic carbocycles. The zero-order valence-corrected chi connectivity index (χ0v) is 11.7. The Labute approximate surface area is 115 Å². The standard InChI is InChI=1S/C14H26N2O3/c17-11-2-12-19-13-4-7-15(8-5-13)9-10-16-6-1-3-14(16)18/h13,17H,1-12H2. The average molecular weight is 270 g/mol. The van der Waals surface area contributed by atoms with E-state index in [2.05, 4.69) is 4.90 Å². The van der Waals surface area contributed by atoms with Gasteiger partial charge in [0.1, 0.15) is 0 Å². The van der Waals surface area contributed by atoms with Crippen LogP contribution in [0, 0.1) is 0 Å². The maximum absolute atomic E-state index is 11.5. The molecule has 0 aliphatic carbocycles. The van der Waals surface area contributed by atoms with Gasteiger partial charge in [-0.3, -0.25) is 4.79 Å². The van der Waals surface area contributed by atoms with Crippen LogP contribution < -0.4 is 0 Å². The van der Waals surface area contributed by atoms with E-state index in [0.717, 1.165) is 64.8 Å². The Morgan fingerprint density at radius 1 is 1.21 bits per heavy atom. The molecule has 0 spiro atoms. The molecule has 2 saturated heterocycles. The average Bonchev–Trinajstić information content (AvgIpc) is 2.84. The zero-order chi connectivity index (χ0) is 13.5. The van der Waals surface area contributed by atoms with E-state index < -0.39 is 0 Å². The van der Waals surface area contributed by atoms with Gasteiger partial charge in [0.15, 0.2) is 0 Å². The smallest absolute Gasteiger partial charge is 0.222 e. The third-order valence-electron chi connectivity index (χ3n) is 4.05. The van der Waals surface area contributed by atoms with E-state index in [9.17, 15) is 4.79 Å². The van der Waals surface area contributed by atoms with Crippen molar-refractivity contribution in [3.63, 3.8) is 0 Å². The van der Waals surface area contributed by atoms with E-state index in [1.165, 1.54) is 0 Å². The maximum atomic E-state index is 11.5. The lowest BCUT2D eigenvalue weighted by atomic mass is 10.1. The molecule has 2 rings (SSSR count). The minimum absolute atomic E-state index is 0.211. The fourth-order valence-corrected chi connectivity index (χ4v) is 2.82. The fraction of sp³-hybridized carbons (Fsp3) is 0.929. The van der Waals surface area contributed by atoms with Crippen molar-refractivity contribution in [1.29, 1.82) is 0 Å². The quantitative estimate of drug-likeness (QED) is 0.683. The highest BCUT2D eigenvalue weighted by Gasteiger charge is 2.23. The van der Waals surface area contributed by atoms with Gasteiger partial charge in [-0.05, 0) is 25.7 Å². The van der Waals surface area contributed by atoms with Gasteiger partial charge in [-0.15, -0.1) is 0 Å². The molecule has 2 aliphatic heterocycles. The Morgan fingerprint density at radius 3 is 2.63 bits per heavy atom. The summed E-state index contributed by atoms with van der Waals surface area (Å²) in [4.78, 5) is 15.9. The summed E-state index contributed by atoms with van der Waals surface area (Å²) in [5, 5.41) is 8.71. The highest BCUT2D eigenvalue weighted by atomic mass is 16.5. The van der Waals surface area contributed by atoms with Crippen LogP contribution in [0.4, 0.5) is 0 Å². The van der Waals surface area contributed by atoms with E-state index in [0.29, 0.717) is 18.6 Å². The minimum atomic E-state index is 0.211. The topological polar surface area (TPSA) is 53.0 Å². The molecule has 0 atom stereocenters. The van der Waals surface area contributed by atoms with Gasteiger partial charge in [0.25, 0.3) is 0 Å². The van der Waals surface area contributed by atoms with E-state index >= 15 is 0 Å². The number of nitrogens with zero attached hydrogens (tertiary/aromatic N) is 2. The number of rotatable bonds is 7. The molecular weight excluding hydrogens is 244 g/mol.